The maximum absolute atomic E-state index is 12.6. The molecule has 0 spiro atoms. The number of fused-ring (bicyclic) bond motifs is 1. The number of aryl methyl sites for hydroxylation is 1. The van der Waals surface area contributed by atoms with Crippen LogP contribution in [0.3, 0.4) is 0 Å². The number of anilines is 2. The second-order valence-electron chi connectivity index (χ2n) is 7.27. The molecule has 0 aromatic heterocycles. The molecule has 2 N–H and O–H groups in total. The Hall–Kier alpha value is -1.76. The Balaban J connectivity index is 1.73. The molecule has 7 heteroatoms. The first kappa shape index (κ1) is 19.0. The van der Waals surface area contributed by atoms with Gasteiger partial charge in [-0.05, 0) is 49.8 Å². The van der Waals surface area contributed by atoms with E-state index in [0.717, 1.165) is 44.1 Å². The highest BCUT2D eigenvalue weighted by molar-refractivity contribution is 7.92. The zero-order valence-electron chi connectivity index (χ0n) is 15.5. The van der Waals surface area contributed by atoms with Crippen LogP contribution >= 0.6 is 0 Å². The van der Waals surface area contributed by atoms with E-state index < -0.39 is 10.0 Å². The Kier molecular flexibility index (Phi) is 6.06. The van der Waals surface area contributed by atoms with Crippen molar-refractivity contribution in [3.05, 3.63) is 23.8 Å². The number of sulfonamides is 1. The minimum Gasteiger partial charge on any atom is -0.335 e. The Morgan fingerprint density at radius 3 is 2.69 bits per heavy atom. The first-order chi connectivity index (χ1) is 12.5. The number of carbonyl (C=O) groups excluding carboxylic acids is 1. The van der Waals surface area contributed by atoms with E-state index in [1.807, 2.05) is 19.1 Å². The summed E-state index contributed by atoms with van der Waals surface area (Å²) < 4.78 is 26.7. The van der Waals surface area contributed by atoms with E-state index >= 15 is 0 Å². The molecule has 144 valence electrons. The third-order valence-electron chi connectivity index (χ3n) is 5.16. The first-order valence-corrected chi connectivity index (χ1v) is 11.3. The Bertz CT molecular complexity index is 742. The van der Waals surface area contributed by atoms with Crippen LogP contribution in [0.5, 0.6) is 0 Å². The number of amides is 2. The molecule has 0 saturated heterocycles. The number of nitrogens with one attached hydrogen (secondary N) is 2. The van der Waals surface area contributed by atoms with E-state index in [4.69, 9.17) is 0 Å². The summed E-state index contributed by atoms with van der Waals surface area (Å²) in [5.41, 5.74) is 2.37. The van der Waals surface area contributed by atoms with Crippen LogP contribution in [0.15, 0.2) is 18.2 Å². The molecule has 1 saturated carbocycles. The number of hydrogen-bond acceptors (Lipinski definition) is 3. The molecule has 1 aliphatic heterocycles. The van der Waals surface area contributed by atoms with Gasteiger partial charge in [-0.2, -0.15) is 0 Å². The van der Waals surface area contributed by atoms with Crippen molar-refractivity contribution < 1.29 is 13.2 Å². The minimum absolute atomic E-state index is 0.145. The van der Waals surface area contributed by atoms with E-state index in [1.165, 1.54) is 10.7 Å². The summed E-state index contributed by atoms with van der Waals surface area (Å²) >= 11 is 0. The number of nitrogens with zero attached hydrogens (tertiary/aromatic N) is 1. The van der Waals surface area contributed by atoms with Gasteiger partial charge in [0.25, 0.3) is 0 Å². The molecule has 3 rings (SSSR count). The topological polar surface area (TPSA) is 78.5 Å². The predicted molar refractivity (Wildman–Crippen MR) is 105 cm³/mol. The van der Waals surface area contributed by atoms with Crippen molar-refractivity contribution in [1.82, 2.24) is 5.32 Å². The van der Waals surface area contributed by atoms with Gasteiger partial charge in [0.05, 0.1) is 11.4 Å². The average molecular weight is 380 g/mol. The second kappa shape index (κ2) is 8.29. The molecule has 0 unspecified atom stereocenters. The van der Waals surface area contributed by atoms with Gasteiger partial charge in [-0.25, -0.2) is 13.2 Å². The molecule has 6 nitrogen and oxygen atoms in total. The standard InChI is InChI=1S/C19H29N3O3S/c1-2-13-26(24,25)22-12-6-7-15-10-11-17(14-18(15)22)21-19(23)20-16-8-4-3-5-9-16/h10-11,14,16H,2-9,12-13H2,1H3,(H2,20,21,23). The van der Waals surface area contributed by atoms with Gasteiger partial charge in [-0.3, -0.25) is 4.31 Å². The van der Waals surface area contributed by atoms with Crippen molar-refractivity contribution in [2.75, 3.05) is 21.9 Å². The third-order valence-corrected chi connectivity index (χ3v) is 7.13. The highest BCUT2D eigenvalue weighted by atomic mass is 32.2. The van der Waals surface area contributed by atoms with Crippen LogP contribution in [-0.4, -0.2) is 32.8 Å². The summed E-state index contributed by atoms with van der Waals surface area (Å²) in [5, 5.41) is 5.90. The van der Waals surface area contributed by atoms with E-state index in [0.29, 0.717) is 24.3 Å². The van der Waals surface area contributed by atoms with Crippen molar-refractivity contribution in [2.24, 2.45) is 0 Å². The average Bonchev–Trinajstić information content (AvgIpc) is 2.61. The number of urea groups is 1. The highest BCUT2D eigenvalue weighted by Crippen LogP contribution is 2.32. The molecule has 26 heavy (non-hydrogen) atoms. The van der Waals surface area contributed by atoms with E-state index in [2.05, 4.69) is 10.6 Å². The van der Waals surface area contributed by atoms with Gasteiger partial charge in [0, 0.05) is 18.3 Å². The fraction of sp³-hybridized carbons (Fsp3) is 0.632. The quantitative estimate of drug-likeness (QED) is 0.820. The van der Waals surface area contributed by atoms with Crippen molar-refractivity contribution in [3.8, 4) is 0 Å². The van der Waals surface area contributed by atoms with Crippen molar-refractivity contribution >= 4 is 27.4 Å². The summed E-state index contributed by atoms with van der Waals surface area (Å²) in [6.45, 7) is 2.38. The zero-order chi connectivity index (χ0) is 18.6. The summed E-state index contributed by atoms with van der Waals surface area (Å²) in [6.07, 6.45) is 7.90. The summed E-state index contributed by atoms with van der Waals surface area (Å²) in [6, 6.07) is 5.61. The van der Waals surface area contributed by atoms with Crippen molar-refractivity contribution in [3.63, 3.8) is 0 Å². The molecule has 0 radical (unpaired) electrons. The van der Waals surface area contributed by atoms with Gasteiger partial charge in [0.15, 0.2) is 0 Å². The number of carbonyl (C=O) groups is 1. The van der Waals surface area contributed by atoms with E-state index in [-0.39, 0.29) is 17.8 Å². The number of rotatable bonds is 5. The van der Waals surface area contributed by atoms with Crippen molar-refractivity contribution in [2.45, 2.75) is 64.3 Å². The van der Waals surface area contributed by atoms with E-state index in [1.54, 1.807) is 6.07 Å². The van der Waals surface area contributed by atoms with E-state index in [9.17, 15) is 13.2 Å². The summed E-state index contributed by atoms with van der Waals surface area (Å²) in [5.74, 6) is 0.145. The van der Waals surface area contributed by atoms with Crippen molar-refractivity contribution in [1.29, 1.82) is 0 Å². The van der Waals surface area contributed by atoms with Gasteiger partial charge in [0.1, 0.15) is 0 Å². The summed E-state index contributed by atoms with van der Waals surface area (Å²) in [7, 11) is -3.31. The van der Waals surface area contributed by atoms with Gasteiger partial charge in [0.2, 0.25) is 10.0 Å². The molecule has 1 aromatic carbocycles. The Morgan fingerprint density at radius 2 is 1.96 bits per heavy atom. The summed E-state index contributed by atoms with van der Waals surface area (Å²) in [4.78, 5) is 12.3. The second-order valence-corrected chi connectivity index (χ2v) is 9.28. The van der Waals surface area contributed by atoms with Crippen LogP contribution in [0.25, 0.3) is 0 Å². The van der Waals surface area contributed by atoms with Crippen LogP contribution in [0.4, 0.5) is 16.2 Å². The predicted octanol–water partition coefficient (Wildman–Crippen LogP) is 3.63. The molecule has 1 heterocycles. The maximum atomic E-state index is 12.6. The van der Waals surface area contributed by atoms with Gasteiger partial charge < -0.3 is 10.6 Å². The molecule has 1 aliphatic carbocycles. The fourth-order valence-corrected chi connectivity index (χ4v) is 5.49. The Morgan fingerprint density at radius 1 is 1.19 bits per heavy atom. The lowest BCUT2D eigenvalue weighted by molar-refractivity contribution is 0.244. The van der Waals surface area contributed by atoms with Gasteiger partial charge in [-0.15, -0.1) is 0 Å². The molecule has 2 amide bonds. The molecular weight excluding hydrogens is 350 g/mol. The fourth-order valence-electron chi connectivity index (χ4n) is 3.88. The lowest BCUT2D eigenvalue weighted by Gasteiger charge is -2.31. The SMILES string of the molecule is CCCS(=O)(=O)N1CCCc2ccc(NC(=O)NC3CCCCC3)cc21. The molecule has 1 fully saturated rings. The molecule has 1 aromatic rings. The maximum Gasteiger partial charge on any atom is 0.319 e. The molecule has 2 aliphatic rings. The third kappa shape index (κ3) is 4.50. The normalized spacial score (nSPS) is 18.3. The smallest absolute Gasteiger partial charge is 0.319 e. The molecule has 0 atom stereocenters. The zero-order valence-corrected chi connectivity index (χ0v) is 16.3. The van der Waals surface area contributed by atoms with Crippen LogP contribution in [0, 0.1) is 0 Å². The largest absolute Gasteiger partial charge is 0.335 e. The lowest BCUT2D eigenvalue weighted by atomic mass is 9.96. The van der Waals surface area contributed by atoms with Gasteiger partial charge in [-0.1, -0.05) is 32.3 Å². The van der Waals surface area contributed by atoms with Crippen LogP contribution in [0.2, 0.25) is 0 Å². The monoisotopic (exact) mass is 379 g/mol. The first-order valence-electron chi connectivity index (χ1n) is 9.70. The molecule has 0 bridgehead atoms. The number of hydrogen-bond donors (Lipinski definition) is 2. The highest BCUT2D eigenvalue weighted by Gasteiger charge is 2.27. The minimum atomic E-state index is -3.31. The lowest BCUT2D eigenvalue weighted by Crippen LogP contribution is -2.39. The van der Waals surface area contributed by atoms with Crippen LogP contribution in [0.1, 0.15) is 57.4 Å². The number of benzene rings is 1. The molecular formula is C19H29N3O3S. The Labute approximate surface area is 156 Å². The van der Waals surface area contributed by atoms with Crippen LogP contribution in [-0.2, 0) is 16.4 Å². The van der Waals surface area contributed by atoms with Gasteiger partial charge >= 0.3 is 6.03 Å². The van der Waals surface area contributed by atoms with Crippen LogP contribution < -0.4 is 14.9 Å².